The minimum atomic E-state index is -0.740. The quantitative estimate of drug-likeness (QED) is 0.767. The molecule has 0 bridgehead atoms. The summed E-state index contributed by atoms with van der Waals surface area (Å²) < 4.78 is 0. The third-order valence-electron chi connectivity index (χ3n) is 4.53. The molecule has 1 aliphatic rings. The second-order valence-electron chi connectivity index (χ2n) is 7.22. The molecular formula is C17H31NO2. The summed E-state index contributed by atoms with van der Waals surface area (Å²) in [5, 5.41) is 9.40. The molecule has 116 valence electrons. The van der Waals surface area contributed by atoms with Crippen molar-refractivity contribution in [2.24, 2.45) is 0 Å². The molecule has 1 aliphatic heterocycles. The van der Waals surface area contributed by atoms with Crippen molar-refractivity contribution in [2.75, 3.05) is 6.54 Å². The van der Waals surface area contributed by atoms with Crippen LogP contribution in [0.2, 0.25) is 0 Å². The molecule has 0 unspecified atom stereocenters. The van der Waals surface area contributed by atoms with Gasteiger partial charge in [-0.25, -0.2) is 4.79 Å². The monoisotopic (exact) mass is 281 g/mol. The number of carbonyl (C=O) groups is 1. The number of carboxylic acids is 1. The van der Waals surface area contributed by atoms with Crippen LogP contribution in [0.1, 0.15) is 73.6 Å². The second kappa shape index (κ2) is 6.30. The number of carboxylic acid groups (broad SMARTS) is 1. The Balaban J connectivity index is 3.12. The Bertz CT molecular complexity index is 374. The van der Waals surface area contributed by atoms with Gasteiger partial charge in [-0.2, -0.15) is 0 Å². The van der Waals surface area contributed by atoms with E-state index in [1.54, 1.807) is 0 Å². The highest BCUT2D eigenvalue weighted by molar-refractivity contribution is 5.87. The first-order chi connectivity index (χ1) is 9.15. The third-order valence-corrected chi connectivity index (χ3v) is 4.53. The molecule has 3 nitrogen and oxygen atoms in total. The van der Waals surface area contributed by atoms with Crippen LogP contribution in [0.5, 0.6) is 0 Å². The van der Waals surface area contributed by atoms with Crippen LogP contribution in [0, 0.1) is 0 Å². The largest absolute Gasteiger partial charge is 0.478 e. The molecule has 0 aromatic rings. The van der Waals surface area contributed by atoms with Gasteiger partial charge in [-0.05, 0) is 59.9 Å². The van der Waals surface area contributed by atoms with E-state index in [1.807, 2.05) is 6.92 Å². The number of hydrogen-bond acceptors (Lipinski definition) is 2. The number of rotatable bonds is 5. The summed E-state index contributed by atoms with van der Waals surface area (Å²) in [6, 6.07) is 0. The second-order valence-corrected chi connectivity index (χ2v) is 7.22. The molecule has 0 aromatic carbocycles. The van der Waals surface area contributed by atoms with Crippen LogP contribution < -0.4 is 0 Å². The lowest BCUT2D eigenvalue weighted by Gasteiger charge is -2.54. The zero-order valence-electron chi connectivity index (χ0n) is 14.0. The maximum absolute atomic E-state index is 11.4. The van der Waals surface area contributed by atoms with Gasteiger partial charge in [-0.3, -0.25) is 4.90 Å². The maximum atomic E-state index is 11.4. The molecule has 0 saturated carbocycles. The van der Waals surface area contributed by atoms with Crippen LogP contribution >= 0.6 is 0 Å². The summed E-state index contributed by atoms with van der Waals surface area (Å²) in [5.41, 5.74) is 1.83. The summed E-state index contributed by atoms with van der Waals surface area (Å²) in [7, 11) is 0. The summed E-state index contributed by atoms with van der Waals surface area (Å²) in [4.78, 5) is 14.0. The molecular weight excluding hydrogens is 250 g/mol. The molecule has 3 heteroatoms. The van der Waals surface area contributed by atoms with Crippen molar-refractivity contribution in [3.8, 4) is 0 Å². The number of hydrogen-bond donors (Lipinski definition) is 1. The van der Waals surface area contributed by atoms with Gasteiger partial charge in [0.25, 0.3) is 0 Å². The Morgan fingerprint density at radius 3 is 2.00 bits per heavy atom. The van der Waals surface area contributed by atoms with Crippen molar-refractivity contribution in [3.63, 3.8) is 0 Å². The molecule has 20 heavy (non-hydrogen) atoms. The topological polar surface area (TPSA) is 40.5 Å². The predicted molar refractivity (Wildman–Crippen MR) is 84.0 cm³/mol. The fraction of sp³-hybridized carbons (Fsp3) is 0.824. The lowest BCUT2D eigenvalue weighted by atomic mass is 9.75. The van der Waals surface area contributed by atoms with Gasteiger partial charge in [0.2, 0.25) is 0 Å². The minimum absolute atomic E-state index is 0.0299. The zero-order chi connectivity index (χ0) is 15.6. The molecule has 1 saturated heterocycles. The Labute approximate surface area is 124 Å². The first-order valence-corrected chi connectivity index (χ1v) is 7.87. The number of nitrogens with zero attached hydrogens (tertiary/aromatic N) is 1. The summed E-state index contributed by atoms with van der Waals surface area (Å²) in [6.45, 7) is 14.3. The highest BCUT2D eigenvalue weighted by atomic mass is 16.4. The third kappa shape index (κ3) is 3.63. The fourth-order valence-electron chi connectivity index (χ4n) is 3.80. The van der Waals surface area contributed by atoms with Gasteiger partial charge in [-0.1, -0.05) is 25.8 Å². The van der Waals surface area contributed by atoms with Gasteiger partial charge < -0.3 is 5.11 Å². The Hall–Kier alpha value is -0.830. The molecule has 0 spiro atoms. The molecule has 0 atom stereocenters. The standard InChI is InChI=1S/C17H31NO2/c1-7-9-10-18-16(3,4)11-13(12-17(18,5)6)14(8-2)15(19)20/h7-12H2,1-6H3,(H,19,20). The van der Waals surface area contributed by atoms with E-state index >= 15 is 0 Å². The molecule has 0 radical (unpaired) electrons. The average Bonchev–Trinajstić information content (AvgIpc) is 2.26. The summed E-state index contributed by atoms with van der Waals surface area (Å²) in [6.07, 6.45) is 4.75. The first kappa shape index (κ1) is 17.2. The van der Waals surface area contributed by atoms with Crippen LogP contribution in [0.25, 0.3) is 0 Å². The van der Waals surface area contributed by atoms with Gasteiger partial charge in [0.1, 0.15) is 0 Å². The van der Waals surface area contributed by atoms with E-state index < -0.39 is 5.97 Å². The molecule has 1 N–H and O–H groups in total. The number of likely N-dealkylation sites (tertiary alicyclic amines) is 1. The van der Waals surface area contributed by atoms with Crippen LogP contribution in [-0.4, -0.2) is 33.6 Å². The molecule has 0 aliphatic carbocycles. The van der Waals surface area contributed by atoms with E-state index in [9.17, 15) is 9.90 Å². The van der Waals surface area contributed by atoms with Crippen molar-refractivity contribution in [2.45, 2.75) is 84.7 Å². The van der Waals surface area contributed by atoms with E-state index in [4.69, 9.17) is 0 Å². The van der Waals surface area contributed by atoms with Gasteiger partial charge in [-0.15, -0.1) is 0 Å². The molecule has 0 amide bonds. The molecule has 1 fully saturated rings. The highest BCUT2D eigenvalue weighted by Crippen LogP contribution is 2.42. The number of piperidine rings is 1. The van der Waals surface area contributed by atoms with E-state index in [0.29, 0.717) is 12.0 Å². The SMILES string of the molecule is CCCCN1C(C)(C)CC(=C(CC)C(=O)O)CC1(C)C. The van der Waals surface area contributed by atoms with E-state index in [0.717, 1.165) is 25.0 Å². The Morgan fingerprint density at radius 1 is 1.15 bits per heavy atom. The van der Waals surface area contributed by atoms with Crippen LogP contribution in [-0.2, 0) is 4.79 Å². The van der Waals surface area contributed by atoms with E-state index in [2.05, 4.69) is 39.5 Å². The molecule has 0 aromatic heterocycles. The fourth-order valence-corrected chi connectivity index (χ4v) is 3.80. The highest BCUT2D eigenvalue weighted by Gasteiger charge is 2.43. The van der Waals surface area contributed by atoms with Gasteiger partial charge in [0.05, 0.1) is 0 Å². The van der Waals surface area contributed by atoms with Crippen LogP contribution in [0.3, 0.4) is 0 Å². The number of unbranched alkanes of at least 4 members (excludes halogenated alkanes) is 1. The predicted octanol–water partition coefficient (Wildman–Crippen LogP) is 4.23. The van der Waals surface area contributed by atoms with Crippen molar-refractivity contribution in [1.29, 1.82) is 0 Å². The molecule has 1 heterocycles. The lowest BCUT2D eigenvalue weighted by molar-refractivity contribution is -0.133. The Morgan fingerprint density at radius 2 is 1.65 bits per heavy atom. The van der Waals surface area contributed by atoms with Gasteiger partial charge in [0.15, 0.2) is 0 Å². The van der Waals surface area contributed by atoms with Crippen molar-refractivity contribution >= 4 is 5.97 Å². The minimum Gasteiger partial charge on any atom is -0.478 e. The van der Waals surface area contributed by atoms with Gasteiger partial charge in [0, 0.05) is 16.7 Å². The maximum Gasteiger partial charge on any atom is 0.331 e. The van der Waals surface area contributed by atoms with Crippen molar-refractivity contribution in [3.05, 3.63) is 11.1 Å². The number of aliphatic carboxylic acids is 1. The van der Waals surface area contributed by atoms with Crippen LogP contribution in [0.4, 0.5) is 0 Å². The van der Waals surface area contributed by atoms with Crippen molar-refractivity contribution in [1.82, 2.24) is 4.90 Å². The molecule has 1 rings (SSSR count). The average molecular weight is 281 g/mol. The van der Waals surface area contributed by atoms with E-state index in [-0.39, 0.29) is 11.1 Å². The van der Waals surface area contributed by atoms with E-state index in [1.165, 1.54) is 12.8 Å². The van der Waals surface area contributed by atoms with Crippen LogP contribution in [0.15, 0.2) is 11.1 Å². The normalized spacial score (nSPS) is 21.8. The smallest absolute Gasteiger partial charge is 0.331 e. The van der Waals surface area contributed by atoms with Crippen molar-refractivity contribution < 1.29 is 9.90 Å². The zero-order valence-corrected chi connectivity index (χ0v) is 14.0. The summed E-state index contributed by atoms with van der Waals surface area (Å²) >= 11 is 0. The Kier molecular flexibility index (Phi) is 5.42. The first-order valence-electron chi connectivity index (χ1n) is 7.87. The summed E-state index contributed by atoms with van der Waals surface area (Å²) in [5.74, 6) is -0.740. The lowest BCUT2D eigenvalue weighted by Crippen LogP contribution is -2.59. The van der Waals surface area contributed by atoms with Gasteiger partial charge >= 0.3 is 5.97 Å².